The highest BCUT2D eigenvalue weighted by Gasteiger charge is 2.26. The molecule has 2 N–H and O–H groups in total. The molecule has 0 aliphatic heterocycles. The summed E-state index contributed by atoms with van der Waals surface area (Å²) in [6.07, 6.45) is 2.86. The Hall–Kier alpha value is -2.74. The van der Waals surface area contributed by atoms with Gasteiger partial charge in [0.15, 0.2) is 17.2 Å². The zero-order valence-electron chi connectivity index (χ0n) is 14.1. The molecule has 2 heterocycles. The van der Waals surface area contributed by atoms with E-state index in [1.54, 1.807) is 24.4 Å². The standard InChI is InChI=1S/C17H18N4O3S/c1-17(2,3)15(22)12-9-18-16-14(12)20-13(10-19-16)21-25(23,24)11-7-5-4-6-8-11/h4-10H,1-3H3,(H,18,19)(H,20,21). The molecular formula is C17H18N4O3S. The third kappa shape index (κ3) is 3.39. The predicted molar refractivity (Wildman–Crippen MR) is 94.9 cm³/mol. The van der Waals surface area contributed by atoms with Gasteiger partial charge in [-0.2, -0.15) is 0 Å². The number of hydrogen-bond acceptors (Lipinski definition) is 5. The van der Waals surface area contributed by atoms with Crippen LogP contribution in [0.25, 0.3) is 11.2 Å². The van der Waals surface area contributed by atoms with E-state index in [1.165, 1.54) is 18.3 Å². The first-order chi connectivity index (χ1) is 11.7. The van der Waals surface area contributed by atoms with E-state index in [9.17, 15) is 13.2 Å². The summed E-state index contributed by atoms with van der Waals surface area (Å²) in [5.41, 5.74) is 0.565. The maximum absolute atomic E-state index is 12.5. The highest BCUT2D eigenvalue weighted by molar-refractivity contribution is 7.92. The van der Waals surface area contributed by atoms with E-state index < -0.39 is 15.4 Å². The smallest absolute Gasteiger partial charge is 0.263 e. The second-order valence-electron chi connectivity index (χ2n) is 6.65. The zero-order chi connectivity index (χ0) is 18.2. The number of benzene rings is 1. The summed E-state index contributed by atoms with van der Waals surface area (Å²) < 4.78 is 27.2. The van der Waals surface area contributed by atoms with Crippen molar-refractivity contribution in [3.8, 4) is 0 Å². The number of nitrogens with zero attached hydrogens (tertiary/aromatic N) is 2. The predicted octanol–water partition coefficient (Wildman–Crippen LogP) is 2.99. The minimum absolute atomic E-state index is 0.0545. The van der Waals surface area contributed by atoms with Crippen molar-refractivity contribution >= 4 is 32.8 Å². The summed E-state index contributed by atoms with van der Waals surface area (Å²) in [6, 6.07) is 7.97. The van der Waals surface area contributed by atoms with Crippen LogP contribution in [-0.4, -0.2) is 29.2 Å². The molecule has 0 unspecified atom stereocenters. The first-order valence-corrected chi connectivity index (χ1v) is 9.13. The molecule has 3 rings (SSSR count). The van der Waals surface area contributed by atoms with Crippen LogP contribution in [-0.2, 0) is 10.0 Å². The van der Waals surface area contributed by atoms with Crippen molar-refractivity contribution in [3.05, 3.63) is 48.3 Å². The molecule has 0 saturated heterocycles. The van der Waals surface area contributed by atoms with Crippen molar-refractivity contribution in [1.29, 1.82) is 0 Å². The maximum atomic E-state index is 12.5. The van der Waals surface area contributed by atoms with Crippen molar-refractivity contribution in [1.82, 2.24) is 15.0 Å². The molecule has 0 amide bonds. The van der Waals surface area contributed by atoms with Gasteiger partial charge in [-0.3, -0.25) is 9.52 Å². The first-order valence-electron chi connectivity index (χ1n) is 7.65. The van der Waals surface area contributed by atoms with Crippen LogP contribution in [0.1, 0.15) is 31.1 Å². The van der Waals surface area contributed by atoms with Gasteiger partial charge in [-0.05, 0) is 12.1 Å². The summed E-state index contributed by atoms with van der Waals surface area (Å²) in [5.74, 6) is -0.0463. The van der Waals surface area contributed by atoms with Gasteiger partial charge >= 0.3 is 0 Å². The Morgan fingerprint density at radius 1 is 1.16 bits per heavy atom. The van der Waals surface area contributed by atoms with Gasteiger partial charge in [-0.1, -0.05) is 39.0 Å². The number of H-pyrrole nitrogens is 1. The van der Waals surface area contributed by atoms with Gasteiger partial charge in [0.1, 0.15) is 5.52 Å². The minimum atomic E-state index is -3.77. The Morgan fingerprint density at radius 3 is 2.48 bits per heavy atom. The SMILES string of the molecule is CC(C)(C)C(=O)c1c[nH]c2ncc(NS(=O)(=O)c3ccccc3)nc12. The highest BCUT2D eigenvalue weighted by atomic mass is 32.2. The fraction of sp³-hybridized carbons (Fsp3) is 0.235. The molecule has 130 valence electrons. The van der Waals surface area contributed by atoms with Crippen LogP contribution in [0.4, 0.5) is 5.82 Å². The lowest BCUT2D eigenvalue weighted by molar-refractivity contribution is 0.0860. The van der Waals surface area contributed by atoms with Crippen molar-refractivity contribution < 1.29 is 13.2 Å². The number of rotatable bonds is 4. The molecule has 0 fully saturated rings. The molecule has 0 saturated carbocycles. The van der Waals surface area contributed by atoms with E-state index in [0.717, 1.165) is 0 Å². The summed E-state index contributed by atoms with van der Waals surface area (Å²) >= 11 is 0. The van der Waals surface area contributed by atoms with Crippen molar-refractivity contribution in [2.24, 2.45) is 5.41 Å². The third-order valence-corrected chi connectivity index (χ3v) is 4.97. The molecule has 0 aliphatic rings. The van der Waals surface area contributed by atoms with Gasteiger partial charge in [0.05, 0.1) is 16.7 Å². The number of hydrogen-bond donors (Lipinski definition) is 2. The molecule has 0 bridgehead atoms. The number of carbonyl (C=O) groups is 1. The number of fused-ring (bicyclic) bond motifs is 1. The molecule has 2 aromatic heterocycles. The van der Waals surface area contributed by atoms with E-state index in [0.29, 0.717) is 16.7 Å². The lowest BCUT2D eigenvalue weighted by Gasteiger charge is -2.15. The van der Waals surface area contributed by atoms with Crippen molar-refractivity contribution in [2.75, 3.05) is 4.72 Å². The van der Waals surface area contributed by atoms with Crippen LogP contribution in [0.3, 0.4) is 0 Å². The molecule has 1 aromatic carbocycles. The summed E-state index contributed by atoms with van der Waals surface area (Å²) in [5, 5.41) is 0. The van der Waals surface area contributed by atoms with Gasteiger partial charge in [0, 0.05) is 11.6 Å². The van der Waals surface area contributed by atoms with Gasteiger partial charge in [-0.25, -0.2) is 18.4 Å². The number of nitrogens with one attached hydrogen (secondary N) is 2. The van der Waals surface area contributed by atoms with Crippen LogP contribution in [0.5, 0.6) is 0 Å². The van der Waals surface area contributed by atoms with E-state index in [2.05, 4.69) is 19.7 Å². The van der Waals surface area contributed by atoms with Crippen molar-refractivity contribution in [3.63, 3.8) is 0 Å². The summed E-state index contributed by atoms with van der Waals surface area (Å²) in [7, 11) is -3.77. The van der Waals surface area contributed by atoms with E-state index in [4.69, 9.17) is 0 Å². The molecule has 0 aliphatic carbocycles. The lowest BCUT2D eigenvalue weighted by atomic mass is 9.87. The minimum Gasteiger partial charge on any atom is -0.344 e. The number of aromatic amines is 1. The van der Waals surface area contributed by atoms with Crippen LogP contribution in [0, 0.1) is 5.41 Å². The van der Waals surface area contributed by atoms with E-state index >= 15 is 0 Å². The third-order valence-electron chi connectivity index (χ3n) is 3.60. The van der Waals surface area contributed by atoms with Crippen LogP contribution in [0.15, 0.2) is 47.6 Å². The number of ketones is 1. The van der Waals surface area contributed by atoms with Crippen LogP contribution >= 0.6 is 0 Å². The zero-order valence-corrected chi connectivity index (χ0v) is 14.9. The number of anilines is 1. The molecule has 0 radical (unpaired) electrons. The number of aromatic nitrogens is 3. The molecular weight excluding hydrogens is 340 g/mol. The Kier molecular flexibility index (Phi) is 4.08. The van der Waals surface area contributed by atoms with Gasteiger partial charge < -0.3 is 4.98 Å². The molecule has 7 nitrogen and oxygen atoms in total. The maximum Gasteiger partial charge on any atom is 0.263 e. The average molecular weight is 358 g/mol. The summed E-state index contributed by atoms with van der Waals surface area (Å²) in [4.78, 5) is 24.0. The fourth-order valence-electron chi connectivity index (χ4n) is 2.31. The first kappa shape index (κ1) is 17.1. The summed E-state index contributed by atoms with van der Waals surface area (Å²) in [6.45, 7) is 5.43. The van der Waals surface area contributed by atoms with Gasteiger partial charge in [-0.15, -0.1) is 0 Å². The molecule has 0 spiro atoms. The van der Waals surface area contributed by atoms with E-state index in [1.807, 2.05) is 20.8 Å². The molecule has 25 heavy (non-hydrogen) atoms. The van der Waals surface area contributed by atoms with Crippen molar-refractivity contribution in [2.45, 2.75) is 25.7 Å². The Labute approximate surface area is 145 Å². The second-order valence-corrected chi connectivity index (χ2v) is 8.33. The Bertz CT molecular complexity index is 1030. The second kappa shape index (κ2) is 5.96. The quantitative estimate of drug-likeness (QED) is 0.698. The Morgan fingerprint density at radius 2 is 1.84 bits per heavy atom. The monoisotopic (exact) mass is 358 g/mol. The highest BCUT2D eigenvalue weighted by Crippen LogP contribution is 2.26. The van der Waals surface area contributed by atoms with E-state index in [-0.39, 0.29) is 16.5 Å². The molecule has 0 atom stereocenters. The number of sulfonamides is 1. The average Bonchev–Trinajstić information content (AvgIpc) is 2.96. The topological polar surface area (TPSA) is 105 Å². The number of Topliss-reactive ketones (excluding diaryl/α,β-unsaturated/α-hetero) is 1. The van der Waals surface area contributed by atoms with Crippen LogP contribution in [0.2, 0.25) is 0 Å². The van der Waals surface area contributed by atoms with Gasteiger partial charge in [0.2, 0.25) is 0 Å². The van der Waals surface area contributed by atoms with Gasteiger partial charge in [0.25, 0.3) is 10.0 Å². The number of carbonyl (C=O) groups excluding carboxylic acids is 1. The lowest BCUT2D eigenvalue weighted by Crippen LogP contribution is -2.20. The molecule has 8 heteroatoms. The Balaban J connectivity index is 2.00. The normalized spacial score (nSPS) is 12.3. The van der Waals surface area contributed by atoms with Crippen LogP contribution < -0.4 is 4.72 Å². The largest absolute Gasteiger partial charge is 0.344 e. The molecule has 3 aromatic rings. The fourth-order valence-corrected chi connectivity index (χ4v) is 3.32.